The summed E-state index contributed by atoms with van der Waals surface area (Å²) < 4.78 is 33.9. The zero-order chi connectivity index (χ0) is 19.1. The number of thiazole rings is 1. The molecule has 0 saturated carbocycles. The molecule has 1 saturated heterocycles. The van der Waals surface area contributed by atoms with Crippen LogP contribution in [0.4, 0.5) is 0 Å². The van der Waals surface area contributed by atoms with Gasteiger partial charge in [-0.2, -0.15) is 9.40 Å². The number of aromatic nitrogens is 3. The Morgan fingerprint density at radius 3 is 2.82 bits per heavy atom. The molecule has 0 bridgehead atoms. The summed E-state index contributed by atoms with van der Waals surface area (Å²) in [6.07, 6.45) is 3.13. The van der Waals surface area contributed by atoms with Crippen LogP contribution in [0.5, 0.6) is 0 Å². The van der Waals surface area contributed by atoms with Crippen LogP contribution in [-0.4, -0.2) is 41.0 Å². The average Bonchev–Trinajstić information content (AvgIpc) is 3.48. The molecule has 144 valence electrons. The maximum Gasteiger partial charge on any atom is 0.243 e. The maximum absolute atomic E-state index is 13.0. The number of fused-ring (bicyclic) bond motifs is 1. The smallest absolute Gasteiger partial charge is 0.243 e. The van der Waals surface area contributed by atoms with E-state index in [4.69, 9.17) is 4.42 Å². The third-order valence-electron chi connectivity index (χ3n) is 5.21. The van der Waals surface area contributed by atoms with E-state index >= 15 is 0 Å². The Morgan fingerprint density at radius 2 is 2.04 bits per heavy atom. The predicted octanol–water partition coefficient (Wildman–Crippen LogP) is 3.85. The van der Waals surface area contributed by atoms with Gasteiger partial charge in [0.15, 0.2) is 5.76 Å². The Balaban J connectivity index is 1.31. The van der Waals surface area contributed by atoms with Gasteiger partial charge in [-0.05, 0) is 49.2 Å². The molecule has 0 unspecified atom stereocenters. The zero-order valence-electron chi connectivity index (χ0n) is 14.9. The van der Waals surface area contributed by atoms with Gasteiger partial charge in [0.25, 0.3) is 0 Å². The molecule has 28 heavy (non-hydrogen) atoms. The number of rotatable bonds is 4. The molecular formula is C19H18N4O3S2. The molecule has 0 amide bonds. The minimum Gasteiger partial charge on any atom is -0.463 e. The fourth-order valence-corrected chi connectivity index (χ4v) is 5.94. The molecule has 4 heterocycles. The Labute approximate surface area is 166 Å². The number of hydrogen-bond acceptors (Lipinski definition) is 6. The molecule has 5 rings (SSSR count). The number of nitrogens with one attached hydrogen (secondary N) is 1. The van der Waals surface area contributed by atoms with Crippen molar-refractivity contribution in [2.24, 2.45) is 0 Å². The van der Waals surface area contributed by atoms with Gasteiger partial charge < -0.3 is 4.42 Å². The molecular weight excluding hydrogens is 396 g/mol. The van der Waals surface area contributed by atoms with Gasteiger partial charge in [-0.15, -0.1) is 11.3 Å². The maximum atomic E-state index is 13.0. The molecule has 0 radical (unpaired) electrons. The molecule has 3 aromatic heterocycles. The molecule has 9 heteroatoms. The van der Waals surface area contributed by atoms with Crippen molar-refractivity contribution in [1.29, 1.82) is 0 Å². The highest BCUT2D eigenvalue weighted by atomic mass is 32.2. The Bertz CT molecular complexity index is 1200. The highest BCUT2D eigenvalue weighted by molar-refractivity contribution is 7.89. The minimum atomic E-state index is -3.50. The topological polar surface area (TPSA) is 92.1 Å². The van der Waals surface area contributed by atoms with E-state index in [1.165, 1.54) is 11.3 Å². The van der Waals surface area contributed by atoms with Crippen molar-refractivity contribution in [3.63, 3.8) is 0 Å². The van der Waals surface area contributed by atoms with E-state index in [2.05, 4.69) is 15.2 Å². The second kappa shape index (κ2) is 6.84. The first-order valence-electron chi connectivity index (χ1n) is 9.04. The Kier molecular flexibility index (Phi) is 4.30. The highest BCUT2D eigenvalue weighted by Crippen LogP contribution is 2.32. The van der Waals surface area contributed by atoms with Gasteiger partial charge in [0.2, 0.25) is 10.0 Å². The zero-order valence-corrected chi connectivity index (χ0v) is 16.5. The summed E-state index contributed by atoms with van der Waals surface area (Å²) in [5.41, 5.74) is 4.35. The van der Waals surface area contributed by atoms with Crippen molar-refractivity contribution in [1.82, 2.24) is 19.5 Å². The van der Waals surface area contributed by atoms with Gasteiger partial charge in [-0.25, -0.2) is 13.4 Å². The van der Waals surface area contributed by atoms with Gasteiger partial charge >= 0.3 is 0 Å². The monoisotopic (exact) mass is 414 g/mol. The van der Waals surface area contributed by atoms with Crippen molar-refractivity contribution >= 4 is 31.6 Å². The van der Waals surface area contributed by atoms with Crippen LogP contribution in [0.15, 0.2) is 57.5 Å². The molecule has 4 aromatic rings. The van der Waals surface area contributed by atoms with Crippen LogP contribution in [0.25, 0.3) is 21.7 Å². The molecule has 0 atom stereocenters. The summed E-state index contributed by atoms with van der Waals surface area (Å²) in [6.45, 7) is 0.978. The van der Waals surface area contributed by atoms with Crippen molar-refractivity contribution in [3.8, 4) is 11.5 Å². The van der Waals surface area contributed by atoms with Crippen LogP contribution in [-0.2, 0) is 10.0 Å². The standard InChI is InChI=1S/C19H18N4O3S2/c24-28(25,14-3-4-15-19(10-14)27-12-20-15)23-7-5-13(6-8-23)16-11-17(22-21-16)18-2-1-9-26-18/h1-4,9-13H,5-8H2,(H,21,22). The Hall–Kier alpha value is -2.49. The number of benzene rings is 1. The summed E-state index contributed by atoms with van der Waals surface area (Å²) in [5.74, 6) is 0.979. The third kappa shape index (κ3) is 3.05. The summed E-state index contributed by atoms with van der Waals surface area (Å²) >= 11 is 1.45. The lowest BCUT2D eigenvalue weighted by Crippen LogP contribution is -2.37. The van der Waals surface area contributed by atoms with E-state index in [1.807, 2.05) is 18.2 Å². The summed E-state index contributed by atoms with van der Waals surface area (Å²) in [5, 5.41) is 7.40. The minimum absolute atomic E-state index is 0.256. The molecule has 1 aliphatic heterocycles. The third-order valence-corrected chi connectivity index (χ3v) is 7.89. The van der Waals surface area contributed by atoms with Crippen LogP contribution in [0.2, 0.25) is 0 Å². The van der Waals surface area contributed by atoms with Crippen molar-refractivity contribution < 1.29 is 12.8 Å². The lowest BCUT2D eigenvalue weighted by Gasteiger charge is -2.30. The normalized spacial score (nSPS) is 16.7. The quantitative estimate of drug-likeness (QED) is 0.548. The average molecular weight is 415 g/mol. The van der Waals surface area contributed by atoms with Crippen molar-refractivity contribution in [3.05, 3.63) is 53.9 Å². The summed E-state index contributed by atoms with van der Waals surface area (Å²) in [7, 11) is -3.50. The number of H-pyrrole nitrogens is 1. The van der Waals surface area contributed by atoms with Gasteiger partial charge in [0, 0.05) is 24.7 Å². The van der Waals surface area contributed by atoms with Crippen molar-refractivity contribution in [2.45, 2.75) is 23.7 Å². The number of hydrogen-bond donors (Lipinski definition) is 1. The van der Waals surface area contributed by atoms with Gasteiger partial charge in [-0.1, -0.05) is 0 Å². The van der Waals surface area contributed by atoms with Crippen LogP contribution in [0, 0.1) is 0 Å². The molecule has 7 nitrogen and oxygen atoms in total. The summed E-state index contributed by atoms with van der Waals surface area (Å²) in [4.78, 5) is 4.55. The SMILES string of the molecule is O=S(=O)(c1ccc2ncsc2c1)N1CCC(c2cc(-c3ccco3)n[nH]2)CC1. The van der Waals surface area contributed by atoms with E-state index in [-0.39, 0.29) is 5.92 Å². The van der Waals surface area contributed by atoms with Crippen LogP contribution >= 0.6 is 11.3 Å². The Morgan fingerprint density at radius 1 is 1.18 bits per heavy atom. The van der Waals surface area contributed by atoms with E-state index in [1.54, 1.807) is 34.3 Å². The number of sulfonamides is 1. The number of nitrogens with zero attached hydrogens (tertiary/aromatic N) is 3. The van der Waals surface area contributed by atoms with Gasteiger partial charge in [-0.3, -0.25) is 5.10 Å². The van der Waals surface area contributed by atoms with Gasteiger partial charge in [0.05, 0.1) is 26.9 Å². The molecule has 0 spiro atoms. The van der Waals surface area contributed by atoms with Crippen LogP contribution in [0.3, 0.4) is 0 Å². The fraction of sp³-hybridized carbons (Fsp3) is 0.263. The second-order valence-corrected chi connectivity index (χ2v) is 9.67. The van der Waals surface area contributed by atoms with E-state index in [0.717, 1.165) is 40.2 Å². The molecule has 1 aromatic carbocycles. The second-order valence-electron chi connectivity index (χ2n) is 6.85. The highest BCUT2D eigenvalue weighted by Gasteiger charge is 2.31. The molecule has 1 fully saturated rings. The first kappa shape index (κ1) is 17.6. The number of furan rings is 1. The first-order valence-corrected chi connectivity index (χ1v) is 11.4. The largest absolute Gasteiger partial charge is 0.463 e. The first-order chi connectivity index (χ1) is 13.6. The van der Waals surface area contributed by atoms with E-state index in [9.17, 15) is 8.42 Å². The molecule has 1 aliphatic rings. The van der Waals surface area contributed by atoms with E-state index < -0.39 is 10.0 Å². The summed E-state index contributed by atoms with van der Waals surface area (Å²) in [6, 6.07) is 10.8. The lowest BCUT2D eigenvalue weighted by molar-refractivity contribution is 0.316. The van der Waals surface area contributed by atoms with Crippen LogP contribution < -0.4 is 0 Å². The number of aromatic amines is 1. The number of piperidine rings is 1. The lowest BCUT2D eigenvalue weighted by atomic mass is 9.94. The van der Waals surface area contributed by atoms with Gasteiger partial charge in [0.1, 0.15) is 5.69 Å². The molecule has 1 N–H and O–H groups in total. The van der Waals surface area contributed by atoms with Crippen molar-refractivity contribution in [2.75, 3.05) is 13.1 Å². The predicted molar refractivity (Wildman–Crippen MR) is 107 cm³/mol. The molecule has 0 aliphatic carbocycles. The van der Waals surface area contributed by atoms with Crippen LogP contribution in [0.1, 0.15) is 24.5 Å². The van der Waals surface area contributed by atoms with E-state index in [0.29, 0.717) is 18.0 Å². The fourth-order valence-electron chi connectivity index (χ4n) is 3.65.